The van der Waals surface area contributed by atoms with Gasteiger partial charge >= 0.3 is 0 Å². The van der Waals surface area contributed by atoms with Gasteiger partial charge in [-0.15, -0.1) is 0 Å². The van der Waals surface area contributed by atoms with Crippen molar-refractivity contribution in [1.29, 1.82) is 0 Å². The second kappa shape index (κ2) is 6.11. The van der Waals surface area contributed by atoms with Crippen LogP contribution in [0.1, 0.15) is 33.1 Å². The number of piperidine rings is 1. The highest BCUT2D eigenvalue weighted by atomic mass is 16.2. The van der Waals surface area contributed by atoms with Crippen LogP contribution in [0.25, 0.3) is 0 Å². The molecular formula is C12H24N2O. The van der Waals surface area contributed by atoms with Crippen LogP contribution >= 0.6 is 0 Å². The van der Waals surface area contributed by atoms with E-state index in [0.29, 0.717) is 11.8 Å². The number of hydrogen-bond donors (Lipinski definition) is 1. The van der Waals surface area contributed by atoms with Crippen molar-refractivity contribution >= 4 is 5.91 Å². The van der Waals surface area contributed by atoms with E-state index in [4.69, 9.17) is 0 Å². The second-order valence-electron chi connectivity index (χ2n) is 4.99. The highest BCUT2D eigenvalue weighted by Gasteiger charge is 2.23. The highest BCUT2D eigenvalue weighted by molar-refractivity contribution is 5.78. The van der Waals surface area contributed by atoms with Crippen LogP contribution in [0.5, 0.6) is 0 Å². The fourth-order valence-electron chi connectivity index (χ4n) is 1.94. The van der Waals surface area contributed by atoms with Gasteiger partial charge in [0.15, 0.2) is 0 Å². The van der Waals surface area contributed by atoms with E-state index in [0.717, 1.165) is 38.9 Å². The van der Waals surface area contributed by atoms with Gasteiger partial charge < -0.3 is 10.2 Å². The lowest BCUT2D eigenvalue weighted by atomic mass is 9.98. The van der Waals surface area contributed by atoms with Crippen LogP contribution in [-0.4, -0.2) is 37.5 Å². The molecule has 15 heavy (non-hydrogen) atoms. The largest absolute Gasteiger partial charge is 0.345 e. The summed E-state index contributed by atoms with van der Waals surface area (Å²) in [5.74, 6) is 1.21. The van der Waals surface area contributed by atoms with Crippen molar-refractivity contribution in [3.8, 4) is 0 Å². The first kappa shape index (κ1) is 12.5. The average Bonchev–Trinajstić information content (AvgIpc) is 2.26. The molecule has 0 unspecified atom stereocenters. The normalized spacial score (nSPS) is 21.7. The summed E-state index contributed by atoms with van der Waals surface area (Å²) in [7, 11) is 1.93. The Morgan fingerprint density at radius 1 is 1.53 bits per heavy atom. The van der Waals surface area contributed by atoms with Crippen LogP contribution in [0.4, 0.5) is 0 Å². The lowest BCUT2D eigenvalue weighted by Gasteiger charge is -2.27. The van der Waals surface area contributed by atoms with Crippen LogP contribution in [-0.2, 0) is 4.79 Å². The summed E-state index contributed by atoms with van der Waals surface area (Å²) in [5.41, 5.74) is 0. The Labute approximate surface area is 93.2 Å². The second-order valence-corrected chi connectivity index (χ2v) is 4.99. The molecule has 1 aliphatic heterocycles. The van der Waals surface area contributed by atoms with Crippen molar-refractivity contribution in [1.82, 2.24) is 10.2 Å². The average molecular weight is 212 g/mol. The highest BCUT2D eigenvalue weighted by Crippen LogP contribution is 2.13. The molecule has 1 N–H and O–H groups in total. The fourth-order valence-corrected chi connectivity index (χ4v) is 1.94. The molecule has 0 saturated carbocycles. The molecule has 1 atom stereocenters. The molecule has 0 spiro atoms. The van der Waals surface area contributed by atoms with Crippen molar-refractivity contribution in [2.45, 2.75) is 33.1 Å². The summed E-state index contributed by atoms with van der Waals surface area (Å²) in [5, 5.41) is 3.29. The molecule has 0 aromatic rings. The summed E-state index contributed by atoms with van der Waals surface area (Å²) in [6, 6.07) is 0. The van der Waals surface area contributed by atoms with Crippen LogP contribution in [0.15, 0.2) is 0 Å². The zero-order valence-corrected chi connectivity index (χ0v) is 10.3. The Morgan fingerprint density at radius 3 is 2.80 bits per heavy atom. The van der Waals surface area contributed by atoms with Gasteiger partial charge in [0.2, 0.25) is 5.91 Å². The summed E-state index contributed by atoms with van der Waals surface area (Å²) in [4.78, 5) is 13.9. The van der Waals surface area contributed by atoms with Crippen molar-refractivity contribution in [2.24, 2.45) is 11.8 Å². The standard InChI is InChI=1S/C12H24N2O/c1-10(2)6-8-14(3)12(15)11-5-4-7-13-9-11/h10-11,13H,4-9H2,1-3H3/t11-/m1/s1. The number of hydrogen-bond acceptors (Lipinski definition) is 2. The third kappa shape index (κ3) is 4.20. The smallest absolute Gasteiger partial charge is 0.226 e. The summed E-state index contributed by atoms with van der Waals surface area (Å²) in [6.45, 7) is 7.22. The minimum atomic E-state index is 0.218. The van der Waals surface area contributed by atoms with Gasteiger partial charge in [0.05, 0.1) is 5.92 Å². The molecule has 0 aromatic heterocycles. The van der Waals surface area contributed by atoms with Gasteiger partial charge in [-0.1, -0.05) is 13.8 Å². The van der Waals surface area contributed by atoms with Crippen LogP contribution in [0.3, 0.4) is 0 Å². The van der Waals surface area contributed by atoms with E-state index in [1.165, 1.54) is 0 Å². The Morgan fingerprint density at radius 2 is 2.27 bits per heavy atom. The molecule has 1 rings (SSSR count). The van der Waals surface area contributed by atoms with E-state index in [9.17, 15) is 4.79 Å². The first-order valence-electron chi connectivity index (χ1n) is 6.07. The van der Waals surface area contributed by atoms with E-state index in [2.05, 4.69) is 19.2 Å². The maximum absolute atomic E-state index is 12.0. The van der Waals surface area contributed by atoms with E-state index in [-0.39, 0.29) is 5.92 Å². The molecule has 0 radical (unpaired) electrons. The predicted octanol–water partition coefficient (Wildman–Crippen LogP) is 1.49. The van der Waals surface area contributed by atoms with Crippen LogP contribution in [0.2, 0.25) is 0 Å². The Balaban J connectivity index is 2.30. The number of carbonyl (C=O) groups is 1. The zero-order valence-electron chi connectivity index (χ0n) is 10.3. The van der Waals surface area contributed by atoms with Crippen molar-refractivity contribution in [3.63, 3.8) is 0 Å². The first-order valence-corrected chi connectivity index (χ1v) is 6.07. The molecule has 1 aliphatic rings. The SMILES string of the molecule is CC(C)CCN(C)C(=O)[C@@H]1CCCNC1. The fraction of sp³-hybridized carbons (Fsp3) is 0.917. The summed E-state index contributed by atoms with van der Waals surface area (Å²) in [6.07, 6.45) is 3.29. The lowest BCUT2D eigenvalue weighted by Crippen LogP contribution is -2.41. The van der Waals surface area contributed by atoms with E-state index >= 15 is 0 Å². The zero-order chi connectivity index (χ0) is 11.3. The molecule has 0 aromatic carbocycles. The molecule has 3 heteroatoms. The molecule has 0 aliphatic carbocycles. The minimum Gasteiger partial charge on any atom is -0.345 e. The van der Waals surface area contributed by atoms with Crippen molar-refractivity contribution < 1.29 is 4.79 Å². The molecule has 0 bridgehead atoms. The Bertz CT molecular complexity index is 198. The topological polar surface area (TPSA) is 32.3 Å². The summed E-state index contributed by atoms with van der Waals surface area (Å²) >= 11 is 0. The van der Waals surface area contributed by atoms with Gasteiger partial charge in [-0.05, 0) is 31.7 Å². The molecule has 1 heterocycles. The molecule has 3 nitrogen and oxygen atoms in total. The molecule has 1 amide bonds. The molecule has 88 valence electrons. The number of nitrogens with zero attached hydrogens (tertiary/aromatic N) is 1. The van der Waals surface area contributed by atoms with Crippen molar-refractivity contribution in [3.05, 3.63) is 0 Å². The quantitative estimate of drug-likeness (QED) is 0.766. The predicted molar refractivity (Wildman–Crippen MR) is 62.7 cm³/mol. The lowest BCUT2D eigenvalue weighted by molar-refractivity contribution is -0.134. The monoisotopic (exact) mass is 212 g/mol. The maximum Gasteiger partial charge on any atom is 0.226 e. The van der Waals surface area contributed by atoms with E-state index < -0.39 is 0 Å². The van der Waals surface area contributed by atoms with Gasteiger partial charge in [0.25, 0.3) is 0 Å². The van der Waals surface area contributed by atoms with E-state index in [1.807, 2.05) is 11.9 Å². The van der Waals surface area contributed by atoms with Gasteiger partial charge in [0.1, 0.15) is 0 Å². The minimum absolute atomic E-state index is 0.218. The third-order valence-corrected chi connectivity index (χ3v) is 3.06. The molecule has 1 saturated heterocycles. The van der Waals surface area contributed by atoms with Gasteiger partial charge in [-0.3, -0.25) is 4.79 Å². The van der Waals surface area contributed by atoms with Gasteiger partial charge in [-0.25, -0.2) is 0 Å². The van der Waals surface area contributed by atoms with E-state index in [1.54, 1.807) is 0 Å². The van der Waals surface area contributed by atoms with Gasteiger partial charge in [0, 0.05) is 20.1 Å². The number of amides is 1. The number of rotatable bonds is 4. The van der Waals surface area contributed by atoms with Crippen LogP contribution in [0, 0.1) is 11.8 Å². The Kier molecular flexibility index (Phi) is 5.09. The summed E-state index contributed by atoms with van der Waals surface area (Å²) < 4.78 is 0. The maximum atomic E-state index is 12.0. The molecule has 1 fully saturated rings. The number of carbonyl (C=O) groups excluding carboxylic acids is 1. The first-order chi connectivity index (χ1) is 7.11. The molecular weight excluding hydrogens is 188 g/mol. The van der Waals surface area contributed by atoms with Gasteiger partial charge in [-0.2, -0.15) is 0 Å². The number of nitrogens with one attached hydrogen (secondary N) is 1. The third-order valence-electron chi connectivity index (χ3n) is 3.06. The van der Waals surface area contributed by atoms with Crippen molar-refractivity contribution in [2.75, 3.05) is 26.7 Å². The van der Waals surface area contributed by atoms with Crippen LogP contribution < -0.4 is 5.32 Å². The Hall–Kier alpha value is -0.570.